The fraction of sp³-hybridized carbons (Fsp3) is 0.333. The number of halogens is 1. The molecule has 1 aromatic rings. The van der Waals surface area contributed by atoms with Gasteiger partial charge in [0.25, 0.3) is 0 Å². The van der Waals surface area contributed by atoms with Crippen molar-refractivity contribution in [2.24, 2.45) is 0 Å². The van der Waals surface area contributed by atoms with Crippen LogP contribution in [-0.2, 0) is 14.3 Å². The van der Waals surface area contributed by atoms with Crippen LogP contribution >= 0.6 is 11.6 Å². The van der Waals surface area contributed by atoms with Crippen molar-refractivity contribution in [2.75, 3.05) is 6.61 Å². The van der Waals surface area contributed by atoms with Gasteiger partial charge < -0.3 is 9.84 Å². The second-order valence-electron chi connectivity index (χ2n) is 4.68. The molecule has 1 aliphatic rings. The van der Waals surface area contributed by atoms with Gasteiger partial charge in [0.05, 0.1) is 6.61 Å². The fourth-order valence-electron chi connectivity index (χ4n) is 2.43. The number of Topliss-reactive ketones (excluding diaryl/α,β-unsaturated/α-hetero) is 1. The lowest BCUT2D eigenvalue weighted by molar-refractivity contribution is -0.140. The van der Waals surface area contributed by atoms with Crippen LogP contribution in [0, 0.1) is 6.92 Å². The van der Waals surface area contributed by atoms with Crippen molar-refractivity contribution in [1.29, 1.82) is 0 Å². The van der Waals surface area contributed by atoms with E-state index in [9.17, 15) is 14.7 Å². The molecule has 106 valence electrons. The molecule has 0 aromatic heterocycles. The summed E-state index contributed by atoms with van der Waals surface area (Å²) in [6.45, 7) is 5.23. The van der Waals surface area contributed by atoms with Crippen molar-refractivity contribution in [1.82, 2.24) is 0 Å². The van der Waals surface area contributed by atoms with E-state index < -0.39 is 17.7 Å². The van der Waals surface area contributed by atoms with E-state index in [1.807, 2.05) is 0 Å². The van der Waals surface area contributed by atoms with Crippen LogP contribution in [0.5, 0.6) is 0 Å². The number of aliphatic hydroxyl groups excluding tert-OH is 1. The molecule has 0 amide bonds. The molecule has 1 aromatic carbocycles. The average Bonchev–Trinajstić information content (AvgIpc) is 2.39. The molecule has 0 bridgehead atoms. The quantitative estimate of drug-likeness (QED) is 0.672. The zero-order valence-corrected chi connectivity index (χ0v) is 12.2. The second kappa shape index (κ2) is 5.29. The summed E-state index contributed by atoms with van der Waals surface area (Å²) >= 11 is 6.13. The number of rotatable bonds is 2. The number of aliphatic hydroxyl groups is 1. The van der Waals surface area contributed by atoms with Crippen LogP contribution in [0.3, 0.4) is 0 Å². The van der Waals surface area contributed by atoms with E-state index in [-0.39, 0.29) is 17.9 Å². The van der Waals surface area contributed by atoms with Gasteiger partial charge >= 0.3 is 5.97 Å². The second-order valence-corrected chi connectivity index (χ2v) is 5.09. The Hall–Kier alpha value is -1.81. The van der Waals surface area contributed by atoms with Gasteiger partial charge in [-0.05, 0) is 31.0 Å². The molecular weight excluding hydrogens is 280 g/mol. The summed E-state index contributed by atoms with van der Waals surface area (Å²) < 4.78 is 4.85. The highest BCUT2D eigenvalue weighted by Gasteiger charge is 2.38. The van der Waals surface area contributed by atoms with Crippen molar-refractivity contribution >= 4 is 29.1 Å². The van der Waals surface area contributed by atoms with Crippen LogP contribution in [0.2, 0.25) is 5.02 Å². The zero-order valence-electron chi connectivity index (χ0n) is 11.5. The summed E-state index contributed by atoms with van der Waals surface area (Å²) in [5.74, 6) is -2.21. The summed E-state index contributed by atoms with van der Waals surface area (Å²) in [5, 5.41) is 10.7. The van der Waals surface area contributed by atoms with Crippen LogP contribution in [0.25, 0.3) is 5.76 Å². The van der Waals surface area contributed by atoms with E-state index in [0.717, 1.165) is 5.56 Å². The first kappa shape index (κ1) is 14.6. The first-order valence-electron chi connectivity index (χ1n) is 6.34. The lowest BCUT2D eigenvalue weighted by Gasteiger charge is -2.25. The number of ketones is 1. The summed E-state index contributed by atoms with van der Waals surface area (Å²) in [5.41, 5.74) is 1.47. The van der Waals surface area contributed by atoms with E-state index in [1.54, 1.807) is 32.9 Å². The molecule has 1 atom stereocenters. The van der Waals surface area contributed by atoms with Gasteiger partial charge in [-0.3, -0.25) is 4.79 Å². The number of aryl methyl sites for hydroxylation is 1. The van der Waals surface area contributed by atoms with E-state index in [1.165, 1.54) is 0 Å². The van der Waals surface area contributed by atoms with Gasteiger partial charge in [-0.15, -0.1) is 0 Å². The fourth-order valence-corrected chi connectivity index (χ4v) is 2.75. The summed E-state index contributed by atoms with van der Waals surface area (Å²) in [4.78, 5) is 24.2. The third-order valence-electron chi connectivity index (χ3n) is 3.43. The molecule has 5 heteroatoms. The predicted octanol–water partition coefficient (Wildman–Crippen LogP) is 3.17. The highest BCUT2D eigenvalue weighted by atomic mass is 35.5. The number of ether oxygens (including phenoxy) is 1. The largest absolute Gasteiger partial charge is 0.506 e. The standard InChI is InChI=1S/C15H15ClO4/c1-4-20-15(19)12-13(17)8(3)11-9(16)6-5-7(2)10(11)14(12)18/h5-6,8,18H,4H2,1-3H3. The Kier molecular flexibility index (Phi) is 3.86. The smallest absolute Gasteiger partial charge is 0.345 e. The van der Waals surface area contributed by atoms with Crippen LogP contribution in [0.15, 0.2) is 17.7 Å². The molecule has 20 heavy (non-hydrogen) atoms. The van der Waals surface area contributed by atoms with Crippen molar-refractivity contribution in [3.63, 3.8) is 0 Å². The lowest BCUT2D eigenvalue weighted by atomic mass is 9.80. The van der Waals surface area contributed by atoms with Gasteiger partial charge in [-0.2, -0.15) is 0 Å². The summed E-state index contributed by atoms with van der Waals surface area (Å²) in [7, 11) is 0. The Morgan fingerprint density at radius 3 is 2.70 bits per heavy atom. The van der Waals surface area contributed by atoms with Crippen LogP contribution in [0.4, 0.5) is 0 Å². The molecule has 0 heterocycles. The molecule has 0 saturated carbocycles. The molecule has 1 N–H and O–H groups in total. The molecule has 1 unspecified atom stereocenters. The van der Waals surface area contributed by atoms with Crippen molar-refractivity contribution < 1.29 is 19.4 Å². The number of carbonyl (C=O) groups is 2. The molecule has 0 aliphatic heterocycles. The molecule has 4 nitrogen and oxygen atoms in total. The van der Waals surface area contributed by atoms with Crippen LogP contribution in [0.1, 0.15) is 36.5 Å². The number of esters is 1. The zero-order chi connectivity index (χ0) is 15.0. The minimum Gasteiger partial charge on any atom is -0.506 e. The molecule has 0 fully saturated rings. The number of hydrogen-bond donors (Lipinski definition) is 1. The van der Waals surface area contributed by atoms with E-state index in [2.05, 4.69) is 0 Å². The number of hydrogen-bond acceptors (Lipinski definition) is 4. The molecule has 1 aliphatic carbocycles. The van der Waals surface area contributed by atoms with Gasteiger partial charge in [-0.25, -0.2) is 4.79 Å². The number of carbonyl (C=O) groups excluding carboxylic acids is 2. The van der Waals surface area contributed by atoms with Crippen LogP contribution < -0.4 is 0 Å². The third kappa shape index (κ3) is 2.10. The number of fused-ring (bicyclic) bond motifs is 1. The van der Waals surface area contributed by atoms with Gasteiger partial charge in [0.1, 0.15) is 11.3 Å². The Morgan fingerprint density at radius 1 is 1.45 bits per heavy atom. The van der Waals surface area contributed by atoms with Gasteiger partial charge in [0.2, 0.25) is 0 Å². The molecule has 0 saturated heterocycles. The normalized spacial score (nSPS) is 18.0. The first-order chi connectivity index (χ1) is 9.40. The summed E-state index contributed by atoms with van der Waals surface area (Å²) in [6.07, 6.45) is 0. The number of benzene rings is 1. The maximum Gasteiger partial charge on any atom is 0.345 e. The molecule has 2 rings (SSSR count). The third-order valence-corrected chi connectivity index (χ3v) is 3.76. The maximum atomic E-state index is 12.3. The Labute approximate surface area is 122 Å². The van der Waals surface area contributed by atoms with Crippen LogP contribution in [-0.4, -0.2) is 23.5 Å². The topological polar surface area (TPSA) is 63.6 Å². The summed E-state index contributed by atoms with van der Waals surface area (Å²) in [6, 6.07) is 3.42. The molecule has 0 radical (unpaired) electrons. The predicted molar refractivity (Wildman–Crippen MR) is 75.8 cm³/mol. The van der Waals surface area contributed by atoms with Crippen molar-refractivity contribution in [2.45, 2.75) is 26.7 Å². The van der Waals surface area contributed by atoms with Gasteiger partial charge in [0.15, 0.2) is 5.78 Å². The maximum absolute atomic E-state index is 12.3. The van der Waals surface area contributed by atoms with Gasteiger partial charge in [-0.1, -0.05) is 24.6 Å². The SMILES string of the molecule is CCOC(=O)C1=C(O)c2c(C)ccc(Cl)c2C(C)C1=O. The van der Waals surface area contributed by atoms with E-state index in [0.29, 0.717) is 16.1 Å². The average molecular weight is 295 g/mol. The Morgan fingerprint density at radius 2 is 2.10 bits per heavy atom. The molecule has 0 spiro atoms. The highest BCUT2D eigenvalue weighted by molar-refractivity contribution is 6.33. The lowest BCUT2D eigenvalue weighted by Crippen LogP contribution is -2.27. The van der Waals surface area contributed by atoms with E-state index in [4.69, 9.17) is 16.3 Å². The first-order valence-corrected chi connectivity index (χ1v) is 6.71. The Bertz CT molecular complexity index is 631. The van der Waals surface area contributed by atoms with Crippen molar-refractivity contribution in [3.05, 3.63) is 39.4 Å². The van der Waals surface area contributed by atoms with Gasteiger partial charge in [0, 0.05) is 16.5 Å². The van der Waals surface area contributed by atoms with Crippen molar-refractivity contribution in [3.8, 4) is 0 Å². The minimum atomic E-state index is -0.799. The molecular formula is C15H15ClO4. The minimum absolute atomic E-state index is 0.138. The Balaban J connectivity index is 2.73. The monoisotopic (exact) mass is 294 g/mol. The van der Waals surface area contributed by atoms with E-state index >= 15 is 0 Å². The highest BCUT2D eigenvalue weighted by Crippen LogP contribution is 2.40.